The molecule has 0 aromatic carbocycles. The number of anilines is 1. The fourth-order valence-electron chi connectivity index (χ4n) is 2.39. The van der Waals surface area contributed by atoms with E-state index in [2.05, 4.69) is 15.3 Å². The van der Waals surface area contributed by atoms with Crippen molar-refractivity contribution < 1.29 is 0 Å². The molecule has 0 bridgehead atoms. The average molecular weight is 234 g/mol. The lowest BCUT2D eigenvalue weighted by atomic mass is 9.86. The molecule has 1 aliphatic carbocycles. The predicted molar refractivity (Wildman–Crippen MR) is 69.9 cm³/mol. The van der Waals surface area contributed by atoms with E-state index in [1.54, 1.807) is 0 Å². The number of nitrogens with two attached hydrogens (primary N) is 1. The highest BCUT2D eigenvalue weighted by Gasteiger charge is 2.18. The van der Waals surface area contributed by atoms with Crippen LogP contribution in [0.5, 0.6) is 0 Å². The minimum atomic E-state index is 0.390. The second-order valence-corrected chi connectivity index (χ2v) is 5.10. The van der Waals surface area contributed by atoms with Crippen LogP contribution in [0.15, 0.2) is 6.20 Å². The molecule has 1 aromatic heterocycles. The molecular formula is C13H22N4. The lowest BCUT2D eigenvalue weighted by Gasteiger charge is -2.26. The van der Waals surface area contributed by atoms with E-state index in [9.17, 15) is 0 Å². The fourth-order valence-corrected chi connectivity index (χ4v) is 2.39. The first kappa shape index (κ1) is 12.3. The largest absolute Gasteiger partial charge is 0.369 e. The smallest absolute Gasteiger partial charge is 0.144 e. The monoisotopic (exact) mass is 234 g/mol. The lowest BCUT2D eigenvalue weighted by molar-refractivity contribution is 0.335. The Bertz CT molecular complexity index is 378. The van der Waals surface area contributed by atoms with E-state index >= 15 is 0 Å². The van der Waals surface area contributed by atoms with Crippen LogP contribution in [0.25, 0.3) is 0 Å². The van der Waals surface area contributed by atoms with Gasteiger partial charge in [0.05, 0.1) is 17.6 Å². The van der Waals surface area contributed by atoms with Crippen LogP contribution >= 0.6 is 0 Å². The Hall–Kier alpha value is -1.16. The summed E-state index contributed by atoms with van der Waals surface area (Å²) in [6.45, 7) is 4.93. The quantitative estimate of drug-likeness (QED) is 0.840. The van der Waals surface area contributed by atoms with Crippen LogP contribution in [-0.4, -0.2) is 22.6 Å². The normalized spacial score (nSPS) is 24.6. The van der Waals surface area contributed by atoms with Crippen molar-refractivity contribution >= 4 is 5.82 Å². The van der Waals surface area contributed by atoms with Gasteiger partial charge < -0.3 is 11.1 Å². The third-order valence-corrected chi connectivity index (χ3v) is 3.59. The Kier molecular flexibility index (Phi) is 3.94. The Balaban J connectivity index is 1.86. The molecule has 2 rings (SSSR count). The van der Waals surface area contributed by atoms with Crippen LogP contribution in [-0.2, 0) is 0 Å². The van der Waals surface area contributed by atoms with E-state index < -0.39 is 0 Å². The molecule has 1 fully saturated rings. The predicted octanol–water partition coefficient (Wildman–Crippen LogP) is 2.02. The highest BCUT2D eigenvalue weighted by atomic mass is 15.0. The summed E-state index contributed by atoms with van der Waals surface area (Å²) in [5.74, 6) is 1.56. The Morgan fingerprint density at radius 3 is 2.88 bits per heavy atom. The molecule has 0 spiro atoms. The number of nitrogens with zero attached hydrogens (tertiary/aromatic N) is 2. The van der Waals surface area contributed by atoms with Crippen LogP contribution in [0.3, 0.4) is 0 Å². The lowest BCUT2D eigenvalue weighted by Crippen LogP contribution is -2.31. The van der Waals surface area contributed by atoms with Gasteiger partial charge in [0, 0.05) is 12.6 Å². The molecule has 0 saturated heterocycles. The zero-order chi connectivity index (χ0) is 12.3. The molecular weight excluding hydrogens is 212 g/mol. The van der Waals surface area contributed by atoms with Crippen molar-refractivity contribution in [3.8, 4) is 0 Å². The number of hydrogen-bond donors (Lipinski definition) is 2. The zero-order valence-corrected chi connectivity index (χ0v) is 10.7. The summed E-state index contributed by atoms with van der Waals surface area (Å²) in [4.78, 5) is 8.78. The van der Waals surface area contributed by atoms with Crippen LogP contribution < -0.4 is 11.1 Å². The van der Waals surface area contributed by atoms with Crippen molar-refractivity contribution in [2.45, 2.75) is 45.6 Å². The topological polar surface area (TPSA) is 63.8 Å². The molecule has 1 aromatic rings. The summed E-state index contributed by atoms with van der Waals surface area (Å²) in [6.07, 6.45) is 6.65. The van der Waals surface area contributed by atoms with Gasteiger partial charge in [-0.2, -0.15) is 0 Å². The van der Waals surface area contributed by atoms with Gasteiger partial charge in [0.2, 0.25) is 0 Å². The first-order chi connectivity index (χ1) is 8.15. The standard InChI is InChI=1S/C13H22N4/c1-9-10(2)17-13(8-15-9)16-7-11-4-3-5-12(14)6-11/h8,11-12H,3-7,14H2,1-2H3,(H,16,17). The summed E-state index contributed by atoms with van der Waals surface area (Å²) in [6, 6.07) is 0.390. The van der Waals surface area contributed by atoms with Crippen LogP contribution in [0.2, 0.25) is 0 Å². The van der Waals surface area contributed by atoms with Gasteiger partial charge in [0.15, 0.2) is 0 Å². The minimum absolute atomic E-state index is 0.390. The maximum atomic E-state index is 5.98. The highest BCUT2D eigenvalue weighted by molar-refractivity contribution is 5.33. The molecule has 1 saturated carbocycles. The van der Waals surface area contributed by atoms with E-state index in [4.69, 9.17) is 5.73 Å². The number of aryl methyl sites for hydroxylation is 2. The third-order valence-electron chi connectivity index (χ3n) is 3.59. The van der Waals surface area contributed by atoms with Crippen LogP contribution in [0.1, 0.15) is 37.1 Å². The number of hydrogen-bond acceptors (Lipinski definition) is 4. The number of nitrogens with one attached hydrogen (secondary N) is 1. The molecule has 0 radical (unpaired) electrons. The Morgan fingerprint density at radius 1 is 1.35 bits per heavy atom. The molecule has 1 aliphatic rings. The molecule has 4 heteroatoms. The maximum absolute atomic E-state index is 5.98. The van der Waals surface area contributed by atoms with Gasteiger partial charge >= 0.3 is 0 Å². The van der Waals surface area contributed by atoms with Crippen molar-refractivity contribution in [3.63, 3.8) is 0 Å². The van der Waals surface area contributed by atoms with E-state index in [-0.39, 0.29) is 0 Å². The second kappa shape index (κ2) is 5.45. The SMILES string of the molecule is Cc1ncc(NCC2CCCC(N)C2)nc1C. The van der Waals surface area contributed by atoms with Gasteiger partial charge in [-0.05, 0) is 39.0 Å². The fraction of sp³-hybridized carbons (Fsp3) is 0.692. The highest BCUT2D eigenvalue weighted by Crippen LogP contribution is 2.23. The van der Waals surface area contributed by atoms with Crippen LogP contribution in [0, 0.1) is 19.8 Å². The van der Waals surface area contributed by atoms with Crippen molar-refractivity contribution in [2.75, 3.05) is 11.9 Å². The molecule has 2 unspecified atom stereocenters. The third kappa shape index (κ3) is 3.40. The Labute approximate surface area is 103 Å². The molecule has 3 N–H and O–H groups in total. The first-order valence-corrected chi connectivity index (χ1v) is 6.45. The van der Waals surface area contributed by atoms with Gasteiger partial charge in [0.1, 0.15) is 5.82 Å². The molecule has 2 atom stereocenters. The summed E-state index contributed by atoms with van der Waals surface area (Å²) in [5.41, 5.74) is 7.97. The number of aromatic nitrogens is 2. The van der Waals surface area contributed by atoms with Crippen molar-refractivity contribution in [1.82, 2.24) is 9.97 Å². The van der Waals surface area contributed by atoms with Gasteiger partial charge in [-0.3, -0.25) is 4.98 Å². The average Bonchev–Trinajstić information content (AvgIpc) is 2.31. The van der Waals surface area contributed by atoms with E-state index in [1.165, 1.54) is 19.3 Å². The molecule has 4 nitrogen and oxygen atoms in total. The van der Waals surface area contributed by atoms with Crippen molar-refractivity contribution in [3.05, 3.63) is 17.6 Å². The second-order valence-electron chi connectivity index (χ2n) is 5.10. The maximum Gasteiger partial charge on any atom is 0.144 e. The summed E-state index contributed by atoms with van der Waals surface area (Å²) in [7, 11) is 0. The van der Waals surface area contributed by atoms with Crippen molar-refractivity contribution in [2.24, 2.45) is 11.7 Å². The summed E-state index contributed by atoms with van der Waals surface area (Å²) >= 11 is 0. The first-order valence-electron chi connectivity index (χ1n) is 6.45. The summed E-state index contributed by atoms with van der Waals surface area (Å²) < 4.78 is 0. The van der Waals surface area contributed by atoms with Gasteiger partial charge in [0.25, 0.3) is 0 Å². The molecule has 0 amide bonds. The van der Waals surface area contributed by atoms with Gasteiger partial charge in [-0.1, -0.05) is 6.42 Å². The zero-order valence-electron chi connectivity index (χ0n) is 10.7. The minimum Gasteiger partial charge on any atom is -0.369 e. The molecule has 0 aliphatic heterocycles. The number of rotatable bonds is 3. The van der Waals surface area contributed by atoms with Crippen molar-refractivity contribution in [1.29, 1.82) is 0 Å². The molecule has 94 valence electrons. The van der Waals surface area contributed by atoms with E-state index in [0.717, 1.165) is 30.2 Å². The molecule has 1 heterocycles. The van der Waals surface area contributed by atoms with Gasteiger partial charge in [-0.15, -0.1) is 0 Å². The van der Waals surface area contributed by atoms with Crippen LogP contribution in [0.4, 0.5) is 5.82 Å². The Morgan fingerprint density at radius 2 is 2.18 bits per heavy atom. The molecule has 17 heavy (non-hydrogen) atoms. The summed E-state index contributed by atoms with van der Waals surface area (Å²) in [5, 5.41) is 3.37. The van der Waals surface area contributed by atoms with E-state index in [0.29, 0.717) is 12.0 Å². The van der Waals surface area contributed by atoms with E-state index in [1.807, 2.05) is 20.0 Å². The van der Waals surface area contributed by atoms with Gasteiger partial charge in [-0.25, -0.2) is 4.98 Å².